The fraction of sp³-hybridized carbons (Fsp3) is 0.125. The molecule has 0 unspecified atom stereocenters. The first-order valence-corrected chi connectivity index (χ1v) is 9.17. The Morgan fingerprint density at radius 2 is 1.09 bits per heavy atom. The van der Waals surface area contributed by atoms with E-state index in [-0.39, 0.29) is 0 Å². The summed E-state index contributed by atoms with van der Waals surface area (Å²) in [5.74, 6) is 7.52. The van der Waals surface area contributed by atoms with Crippen molar-refractivity contribution in [3.63, 3.8) is 0 Å². The Labute approximate surface area is 138 Å². The summed E-state index contributed by atoms with van der Waals surface area (Å²) < 4.78 is 1.54. The minimum absolute atomic E-state index is 0.664. The van der Waals surface area contributed by atoms with Gasteiger partial charge in [-0.1, -0.05) is 24.3 Å². The molecule has 3 aromatic rings. The molecule has 6 heteroatoms. The van der Waals surface area contributed by atoms with Crippen molar-refractivity contribution < 1.29 is 0 Å². The number of nitrogen functional groups attached to an aromatic ring is 1. The van der Waals surface area contributed by atoms with Crippen molar-refractivity contribution in [1.82, 2.24) is 14.9 Å². The van der Waals surface area contributed by atoms with Crippen LogP contribution in [-0.2, 0) is 0 Å². The topological polar surface area (TPSA) is 56.7 Å². The van der Waals surface area contributed by atoms with Gasteiger partial charge in [0.25, 0.3) is 0 Å². The molecule has 0 spiro atoms. The van der Waals surface area contributed by atoms with E-state index in [1.54, 1.807) is 28.2 Å². The van der Waals surface area contributed by atoms with Gasteiger partial charge in [0.15, 0.2) is 11.6 Å². The Hall–Kier alpha value is -1.92. The first-order chi connectivity index (χ1) is 10.7. The molecule has 0 radical (unpaired) electrons. The van der Waals surface area contributed by atoms with E-state index in [4.69, 9.17) is 5.84 Å². The predicted octanol–water partition coefficient (Wildman–Crippen LogP) is 3.77. The molecule has 1 aromatic heterocycles. The van der Waals surface area contributed by atoms with Gasteiger partial charge in [-0.2, -0.15) is 0 Å². The van der Waals surface area contributed by atoms with E-state index in [2.05, 4.69) is 47.0 Å². The lowest BCUT2D eigenvalue weighted by Crippen LogP contribution is -2.11. The van der Waals surface area contributed by atoms with Crippen LogP contribution in [-0.4, -0.2) is 27.4 Å². The zero-order chi connectivity index (χ0) is 15.5. The minimum Gasteiger partial charge on any atom is -0.336 e. The average Bonchev–Trinajstić information content (AvgIpc) is 2.96. The highest BCUT2D eigenvalue weighted by Gasteiger charge is 2.13. The number of hydrogen-bond acceptors (Lipinski definition) is 5. The molecule has 0 aliphatic heterocycles. The third-order valence-corrected chi connectivity index (χ3v) is 4.88. The van der Waals surface area contributed by atoms with Crippen LogP contribution in [0.2, 0.25) is 0 Å². The van der Waals surface area contributed by atoms with Gasteiger partial charge in [0.1, 0.15) is 0 Å². The second-order valence-corrected chi connectivity index (χ2v) is 6.43. The summed E-state index contributed by atoms with van der Waals surface area (Å²) in [5, 5.41) is 8.47. The summed E-state index contributed by atoms with van der Waals surface area (Å²) in [4.78, 5) is 2.42. The molecule has 0 bridgehead atoms. The van der Waals surface area contributed by atoms with Crippen molar-refractivity contribution in [1.29, 1.82) is 0 Å². The van der Waals surface area contributed by atoms with Crippen LogP contribution in [0, 0.1) is 0 Å². The maximum atomic E-state index is 6.19. The zero-order valence-corrected chi connectivity index (χ0v) is 14.0. The van der Waals surface area contributed by atoms with E-state index < -0.39 is 0 Å². The van der Waals surface area contributed by atoms with Gasteiger partial charge in [-0.3, -0.25) is 0 Å². The summed E-state index contributed by atoms with van der Waals surface area (Å²) in [7, 11) is 0. The Morgan fingerprint density at radius 1 is 0.727 bits per heavy atom. The molecule has 0 aliphatic carbocycles. The number of thioether (sulfide) groups is 2. The highest BCUT2D eigenvalue weighted by atomic mass is 32.2. The summed E-state index contributed by atoms with van der Waals surface area (Å²) >= 11 is 3.41. The van der Waals surface area contributed by atoms with E-state index in [9.17, 15) is 0 Å². The number of nitrogens with zero attached hydrogens (tertiary/aromatic N) is 3. The van der Waals surface area contributed by atoms with E-state index in [1.807, 2.05) is 24.3 Å². The summed E-state index contributed by atoms with van der Waals surface area (Å²) in [6.45, 7) is 0. The van der Waals surface area contributed by atoms with E-state index in [0.717, 1.165) is 11.1 Å². The molecular formula is C16H16N4S2. The number of aromatic nitrogens is 3. The Bertz CT molecular complexity index is 699. The maximum Gasteiger partial charge on any atom is 0.182 e. The predicted molar refractivity (Wildman–Crippen MR) is 94.6 cm³/mol. The Morgan fingerprint density at radius 3 is 1.41 bits per heavy atom. The normalized spacial score (nSPS) is 10.8. The van der Waals surface area contributed by atoms with Crippen molar-refractivity contribution in [2.75, 3.05) is 18.4 Å². The first-order valence-electron chi connectivity index (χ1n) is 6.72. The fourth-order valence-corrected chi connectivity index (χ4v) is 2.98. The van der Waals surface area contributed by atoms with E-state index in [1.165, 1.54) is 9.79 Å². The van der Waals surface area contributed by atoms with Crippen LogP contribution in [0.5, 0.6) is 0 Å². The number of nitrogens with two attached hydrogens (primary N) is 1. The van der Waals surface area contributed by atoms with Gasteiger partial charge in [-0.25, -0.2) is 4.68 Å². The van der Waals surface area contributed by atoms with Gasteiger partial charge in [0.05, 0.1) is 0 Å². The highest BCUT2D eigenvalue weighted by molar-refractivity contribution is 7.98. The van der Waals surface area contributed by atoms with Gasteiger partial charge < -0.3 is 5.84 Å². The van der Waals surface area contributed by atoms with Gasteiger partial charge in [-0.15, -0.1) is 33.7 Å². The van der Waals surface area contributed by atoms with Crippen LogP contribution >= 0.6 is 23.5 Å². The third-order valence-electron chi connectivity index (χ3n) is 3.39. The Balaban J connectivity index is 1.96. The molecule has 4 nitrogen and oxygen atoms in total. The van der Waals surface area contributed by atoms with Crippen molar-refractivity contribution >= 4 is 23.5 Å². The fourth-order valence-electron chi connectivity index (χ4n) is 2.17. The van der Waals surface area contributed by atoms with Crippen LogP contribution in [0.25, 0.3) is 22.8 Å². The second-order valence-electron chi connectivity index (χ2n) is 4.67. The molecule has 2 N–H and O–H groups in total. The number of hydrogen-bond donors (Lipinski definition) is 1. The summed E-state index contributed by atoms with van der Waals surface area (Å²) in [6.07, 6.45) is 4.10. The lowest BCUT2D eigenvalue weighted by Gasteiger charge is -2.05. The standard InChI is InChI=1S/C16H16N4S2/c1-21-13-7-3-11(4-8-13)15-18-19-16(20(15)17)12-5-9-14(22-2)10-6-12/h3-10H,17H2,1-2H3. The molecule has 0 fully saturated rings. The van der Waals surface area contributed by atoms with Crippen molar-refractivity contribution in [2.45, 2.75) is 9.79 Å². The lowest BCUT2D eigenvalue weighted by atomic mass is 10.2. The zero-order valence-electron chi connectivity index (χ0n) is 12.4. The average molecular weight is 328 g/mol. The van der Waals surface area contributed by atoms with Gasteiger partial charge >= 0.3 is 0 Å². The van der Waals surface area contributed by atoms with Crippen molar-refractivity contribution in [2.24, 2.45) is 0 Å². The maximum absolute atomic E-state index is 6.19. The Kier molecular flexibility index (Phi) is 4.40. The SMILES string of the molecule is CSc1ccc(-c2nnc(-c3ccc(SC)cc3)n2N)cc1. The third kappa shape index (κ3) is 2.84. The van der Waals surface area contributed by atoms with Gasteiger partial charge in [0.2, 0.25) is 0 Å². The monoisotopic (exact) mass is 328 g/mol. The second kappa shape index (κ2) is 6.46. The van der Waals surface area contributed by atoms with Gasteiger partial charge in [-0.05, 0) is 36.8 Å². The van der Waals surface area contributed by atoms with Crippen LogP contribution in [0.15, 0.2) is 58.3 Å². The molecule has 0 saturated carbocycles. The smallest absolute Gasteiger partial charge is 0.182 e. The van der Waals surface area contributed by atoms with Crippen molar-refractivity contribution in [3.8, 4) is 22.8 Å². The molecule has 3 rings (SSSR count). The molecule has 0 saturated heterocycles. The molecule has 22 heavy (non-hydrogen) atoms. The quantitative estimate of drug-likeness (QED) is 0.583. The molecule has 0 atom stereocenters. The summed E-state index contributed by atoms with van der Waals surface area (Å²) in [6, 6.07) is 16.3. The van der Waals surface area contributed by atoms with Crippen molar-refractivity contribution in [3.05, 3.63) is 48.5 Å². The van der Waals surface area contributed by atoms with Crippen LogP contribution in [0.1, 0.15) is 0 Å². The van der Waals surface area contributed by atoms with Gasteiger partial charge in [0, 0.05) is 20.9 Å². The molecule has 112 valence electrons. The van der Waals surface area contributed by atoms with Crippen LogP contribution in [0.4, 0.5) is 0 Å². The molecule has 0 aliphatic rings. The van der Waals surface area contributed by atoms with E-state index >= 15 is 0 Å². The molecule has 2 aromatic carbocycles. The molecule has 1 heterocycles. The number of benzene rings is 2. The first kappa shape index (κ1) is 15.0. The van der Waals surface area contributed by atoms with Crippen LogP contribution < -0.4 is 5.84 Å². The molecule has 0 amide bonds. The van der Waals surface area contributed by atoms with Crippen LogP contribution in [0.3, 0.4) is 0 Å². The highest BCUT2D eigenvalue weighted by Crippen LogP contribution is 2.25. The number of rotatable bonds is 4. The largest absolute Gasteiger partial charge is 0.336 e. The lowest BCUT2D eigenvalue weighted by molar-refractivity contribution is 1.02. The minimum atomic E-state index is 0.664. The molecular weight excluding hydrogens is 312 g/mol. The van der Waals surface area contributed by atoms with E-state index in [0.29, 0.717) is 11.6 Å². The summed E-state index contributed by atoms with van der Waals surface area (Å²) in [5.41, 5.74) is 1.92.